The minimum Gasteiger partial charge on any atom is -0.497 e. The molecule has 0 unspecified atom stereocenters. The Bertz CT molecular complexity index is 806. The van der Waals surface area contributed by atoms with Crippen LogP contribution in [0.25, 0.3) is 11.0 Å². The average molecular weight is 296 g/mol. The molecule has 0 atom stereocenters. The molecule has 0 radical (unpaired) electrons. The van der Waals surface area contributed by atoms with Crippen LogP contribution in [0.1, 0.15) is 17.0 Å². The van der Waals surface area contributed by atoms with Gasteiger partial charge in [-0.3, -0.25) is 4.79 Å². The smallest absolute Gasteiger partial charge is 0.307 e. The van der Waals surface area contributed by atoms with Crippen LogP contribution in [0.15, 0.2) is 42.5 Å². The van der Waals surface area contributed by atoms with Crippen LogP contribution in [-0.4, -0.2) is 28.2 Å². The first-order valence-corrected chi connectivity index (χ1v) is 6.96. The molecule has 0 saturated heterocycles. The minimum atomic E-state index is -0.836. The number of aliphatic carboxylic acids is 1. The molecular formula is C17H16N2O3. The third-order valence-electron chi connectivity index (χ3n) is 3.48. The second-order valence-electron chi connectivity index (χ2n) is 5.13. The molecule has 1 aromatic heterocycles. The number of nitrogens with one attached hydrogen (secondary N) is 1. The third-order valence-corrected chi connectivity index (χ3v) is 3.48. The molecule has 1 heterocycles. The molecule has 0 aliphatic heterocycles. The van der Waals surface area contributed by atoms with Gasteiger partial charge in [0.15, 0.2) is 0 Å². The largest absolute Gasteiger partial charge is 0.497 e. The lowest BCUT2D eigenvalue weighted by molar-refractivity contribution is -0.136. The van der Waals surface area contributed by atoms with Crippen molar-refractivity contribution >= 4 is 17.0 Å². The van der Waals surface area contributed by atoms with Gasteiger partial charge < -0.3 is 14.8 Å². The minimum absolute atomic E-state index is 0.0166. The van der Waals surface area contributed by atoms with Crippen molar-refractivity contribution in [1.29, 1.82) is 0 Å². The summed E-state index contributed by atoms with van der Waals surface area (Å²) in [5.41, 5.74) is 3.60. The summed E-state index contributed by atoms with van der Waals surface area (Å²) >= 11 is 0. The van der Waals surface area contributed by atoms with E-state index >= 15 is 0 Å². The normalized spacial score (nSPS) is 10.8. The SMILES string of the molecule is COc1ccc(Cc2nc3ccc(CC(=O)O)cc3[nH]2)cc1. The predicted octanol–water partition coefficient (Wildman–Crippen LogP) is 2.79. The van der Waals surface area contributed by atoms with Gasteiger partial charge in [-0.25, -0.2) is 4.98 Å². The van der Waals surface area contributed by atoms with E-state index in [4.69, 9.17) is 9.84 Å². The van der Waals surface area contributed by atoms with E-state index in [-0.39, 0.29) is 6.42 Å². The first-order valence-electron chi connectivity index (χ1n) is 6.96. The number of carbonyl (C=O) groups is 1. The van der Waals surface area contributed by atoms with Gasteiger partial charge in [0.25, 0.3) is 0 Å². The van der Waals surface area contributed by atoms with E-state index in [2.05, 4.69) is 9.97 Å². The number of carboxylic acid groups (broad SMARTS) is 1. The zero-order valence-electron chi connectivity index (χ0n) is 12.2. The van der Waals surface area contributed by atoms with Crippen molar-refractivity contribution in [1.82, 2.24) is 9.97 Å². The first kappa shape index (κ1) is 14.1. The molecule has 2 N–H and O–H groups in total. The molecule has 0 saturated carbocycles. The van der Waals surface area contributed by atoms with Crippen molar-refractivity contribution < 1.29 is 14.6 Å². The van der Waals surface area contributed by atoms with Crippen molar-refractivity contribution in [2.45, 2.75) is 12.8 Å². The van der Waals surface area contributed by atoms with Crippen molar-refractivity contribution in [2.24, 2.45) is 0 Å². The van der Waals surface area contributed by atoms with Gasteiger partial charge in [0.1, 0.15) is 11.6 Å². The van der Waals surface area contributed by atoms with E-state index in [0.29, 0.717) is 6.42 Å². The van der Waals surface area contributed by atoms with Gasteiger partial charge >= 0.3 is 5.97 Å². The number of benzene rings is 2. The second-order valence-corrected chi connectivity index (χ2v) is 5.13. The fourth-order valence-electron chi connectivity index (χ4n) is 2.41. The van der Waals surface area contributed by atoms with Crippen molar-refractivity contribution in [3.63, 3.8) is 0 Å². The Labute approximate surface area is 127 Å². The Morgan fingerprint density at radius 3 is 2.59 bits per heavy atom. The quantitative estimate of drug-likeness (QED) is 0.759. The molecule has 22 heavy (non-hydrogen) atoms. The Hall–Kier alpha value is -2.82. The van der Waals surface area contributed by atoms with Crippen LogP contribution in [-0.2, 0) is 17.6 Å². The van der Waals surface area contributed by atoms with Crippen molar-refractivity contribution in [3.8, 4) is 5.75 Å². The van der Waals surface area contributed by atoms with Crippen LogP contribution in [0, 0.1) is 0 Å². The van der Waals surface area contributed by atoms with Gasteiger partial charge in [-0.2, -0.15) is 0 Å². The molecule has 3 rings (SSSR count). The number of carboxylic acids is 1. The van der Waals surface area contributed by atoms with Gasteiger partial charge in [0, 0.05) is 6.42 Å². The maximum Gasteiger partial charge on any atom is 0.307 e. The number of aromatic nitrogens is 2. The van der Waals surface area contributed by atoms with Gasteiger partial charge in [0.05, 0.1) is 24.6 Å². The molecule has 0 aliphatic rings. The number of H-pyrrole nitrogens is 1. The summed E-state index contributed by atoms with van der Waals surface area (Å²) in [5.74, 6) is 0.844. The number of hydrogen-bond acceptors (Lipinski definition) is 3. The van der Waals surface area contributed by atoms with Gasteiger partial charge in [-0.05, 0) is 35.4 Å². The highest BCUT2D eigenvalue weighted by molar-refractivity contribution is 5.78. The van der Waals surface area contributed by atoms with E-state index in [9.17, 15) is 4.79 Å². The highest BCUT2D eigenvalue weighted by Gasteiger charge is 2.07. The molecular weight excluding hydrogens is 280 g/mol. The lowest BCUT2D eigenvalue weighted by Crippen LogP contribution is -1.99. The number of nitrogens with zero attached hydrogens (tertiary/aromatic N) is 1. The number of methoxy groups -OCH3 is 1. The second kappa shape index (κ2) is 5.89. The number of imidazole rings is 1. The number of aromatic amines is 1. The topological polar surface area (TPSA) is 75.2 Å². The van der Waals surface area contributed by atoms with Crippen LogP contribution < -0.4 is 4.74 Å². The maximum absolute atomic E-state index is 10.8. The van der Waals surface area contributed by atoms with Crippen molar-refractivity contribution in [3.05, 3.63) is 59.4 Å². The van der Waals surface area contributed by atoms with Gasteiger partial charge in [-0.1, -0.05) is 18.2 Å². The fraction of sp³-hybridized carbons (Fsp3) is 0.176. The lowest BCUT2D eigenvalue weighted by Gasteiger charge is -2.01. The fourth-order valence-corrected chi connectivity index (χ4v) is 2.41. The van der Waals surface area contributed by atoms with E-state index in [0.717, 1.165) is 33.7 Å². The van der Waals surface area contributed by atoms with Gasteiger partial charge in [0.2, 0.25) is 0 Å². The van der Waals surface area contributed by atoms with Crippen LogP contribution >= 0.6 is 0 Å². The van der Waals surface area contributed by atoms with Crippen LogP contribution in [0.5, 0.6) is 5.75 Å². The van der Waals surface area contributed by atoms with E-state index in [1.165, 1.54) is 0 Å². The Kier molecular flexibility index (Phi) is 3.78. The third kappa shape index (κ3) is 3.09. The summed E-state index contributed by atoms with van der Waals surface area (Å²) in [6.45, 7) is 0. The number of rotatable bonds is 5. The summed E-state index contributed by atoms with van der Waals surface area (Å²) in [6, 6.07) is 13.3. The molecule has 0 amide bonds. The number of hydrogen-bond donors (Lipinski definition) is 2. The predicted molar refractivity (Wildman–Crippen MR) is 83.2 cm³/mol. The summed E-state index contributed by atoms with van der Waals surface area (Å²) in [7, 11) is 1.64. The summed E-state index contributed by atoms with van der Waals surface area (Å²) < 4.78 is 5.14. The molecule has 2 aromatic carbocycles. The number of ether oxygens (including phenoxy) is 1. The summed E-state index contributed by atoms with van der Waals surface area (Å²) in [5, 5.41) is 8.85. The molecule has 112 valence electrons. The Morgan fingerprint density at radius 1 is 1.18 bits per heavy atom. The first-order chi connectivity index (χ1) is 10.6. The molecule has 0 bridgehead atoms. The zero-order valence-corrected chi connectivity index (χ0v) is 12.2. The van der Waals surface area contributed by atoms with Crippen LogP contribution in [0.3, 0.4) is 0 Å². The summed E-state index contributed by atoms with van der Waals surface area (Å²) in [6.07, 6.45) is 0.704. The zero-order chi connectivity index (χ0) is 15.5. The Balaban J connectivity index is 1.83. The standard InChI is InChI=1S/C17H16N2O3/c1-22-13-5-2-11(3-6-13)9-16-18-14-7-4-12(10-17(20)21)8-15(14)19-16/h2-8H,9-10H2,1H3,(H,18,19)(H,20,21). The highest BCUT2D eigenvalue weighted by atomic mass is 16.5. The van der Waals surface area contributed by atoms with Crippen LogP contribution in [0.4, 0.5) is 0 Å². The van der Waals surface area contributed by atoms with E-state index in [1.807, 2.05) is 36.4 Å². The van der Waals surface area contributed by atoms with E-state index in [1.54, 1.807) is 13.2 Å². The summed E-state index contributed by atoms with van der Waals surface area (Å²) in [4.78, 5) is 18.6. The Morgan fingerprint density at radius 2 is 1.91 bits per heavy atom. The van der Waals surface area contributed by atoms with E-state index < -0.39 is 5.97 Å². The van der Waals surface area contributed by atoms with Gasteiger partial charge in [-0.15, -0.1) is 0 Å². The highest BCUT2D eigenvalue weighted by Crippen LogP contribution is 2.18. The molecule has 0 aliphatic carbocycles. The number of fused-ring (bicyclic) bond motifs is 1. The molecule has 3 aromatic rings. The average Bonchev–Trinajstić information content (AvgIpc) is 2.89. The van der Waals surface area contributed by atoms with Crippen LogP contribution in [0.2, 0.25) is 0 Å². The van der Waals surface area contributed by atoms with Crippen molar-refractivity contribution in [2.75, 3.05) is 7.11 Å². The molecule has 5 heteroatoms. The molecule has 5 nitrogen and oxygen atoms in total. The maximum atomic E-state index is 10.8. The molecule has 0 spiro atoms. The molecule has 0 fully saturated rings. The monoisotopic (exact) mass is 296 g/mol. The lowest BCUT2D eigenvalue weighted by atomic mass is 10.1.